The van der Waals surface area contributed by atoms with Crippen molar-refractivity contribution < 1.29 is 14.4 Å². The molecule has 0 fully saturated rings. The van der Waals surface area contributed by atoms with Crippen LogP contribution < -0.4 is 10.8 Å². The SMILES string of the molecule is CC(=O)NC(C)C(=O)NOCC(C)C. The highest BCUT2D eigenvalue weighted by atomic mass is 16.7. The first-order valence-electron chi connectivity index (χ1n) is 4.62. The number of hydrogen-bond acceptors (Lipinski definition) is 3. The van der Waals surface area contributed by atoms with E-state index in [2.05, 4.69) is 10.8 Å². The Morgan fingerprint density at radius 2 is 1.86 bits per heavy atom. The van der Waals surface area contributed by atoms with Gasteiger partial charge in [0.1, 0.15) is 6.04 Å². The summed E-state index contributed by atoms with van der Waals surface area (Å²) in [5.41, 5.74) is 2.27. The van der Waals surface area contributed by atoms with Crippen molar-refractivity contribution in [2.75, 3.05) is 6.61 Å². The van der Waals surface area contributed by atoms with Crippen molar-refractivity contribution in [3.8, 4) is 0 Å². The summed E-state index contributed by atoms with van der Waals surface area (Å²) in [7, 11) is 0. The van der Waals surface area contributed by atoms with Crippen LogP contribution in [0.15, 0.2) is 0 Å². The van der Waals surface area contributed by atoms with Crippen LogP contribution in [0.25, 0.3) is 0 Å². The maximum atomic E-state index is 11.2. The summed E-state index contributed by atoms with van der Waals surface area (Å²) in [4.78, 5) is 26.7. The van der Waals surface area contributed by atoms with Crippen LogP contribution in [-0.4, -0.2) is 24.5 Å². The Labute approximate surface area is 84.1 Å². The lowest BCUT2D eigenvalue weighted by molar-refractivity contribution is -0.138. The largest absolute Gasteiger partial charge is 0.345 e. The van der Waals surface area contributed by atoms with Gasteiger partial charge >= 0.3 is 0 Å². The average molecular weight is 202 g/mol. The molecule has 1 unspecified atom stereocenters. The second-order valence-corrected chi connectivity index (χ2v) is 3.59. The number of hydroxylamine groups is 1. The van der Waals surface area contributed by atoms with Crippen molar-refractivity contribution in [3.63, 3.8) is 0 Å². The maximum Gasteiger partial charge on any atom is 0.265 e. The maximum absolute atomic E-state index is 11.2. The number of carbonyl (C=O) groups excluding carboxylic acids is 2. The molecule has 0 aromatic heterocycles. The molecular formula is C9H18N2O3. The van der Waals surface area contributed by atoms with Gasteiger partial charge in [-0.05, 0) is 12.8 Å². The van der Waals surface area contributed by atoms with Gasteiger partial charge in [-0.2, -0.15) is 0 Å². The van der Waals surface area contributed by atoms with Crippen LogP contribution in [0, 0.1) is 5.92 Å². The summed E-state index contributed by atoms with van der Waals surface area (Å²) < 4.78 is 0. The van der Waals surface area contributed by atoms with Crippen molar-refractivity contribution in [2.24, 2.45) is 5.92 Å². The van der Waals surface area contributed by atoms with Gasteiger partial charge in [0.25, 0.3) is 5.91 Å². The van der Waals surface area contributed by atoms with E-state index >= 15 is 0 Å². The molecule has 0 aliphatic carbocycles. The minimum Gasteiger partial charge on any atom is -0.345 e. The predicted octanol–water partition coefficient (Wildman–Crippen LogP) is 0.215. The van der Waals surface area contributed by atoms with Crippen LogP contribution in [0.5, 0.6) is 0 Å². The Morgan fingerprint density at radius 1 is 1.29 bits per heavy atom. The van der Waals surface area contributed by atoms with E-state index in [4.69, 9.17) is 4.84 Å². The number of rotatable bonds is 5. The van der Waals surface area contributed by atoms with Crippen LogP contribution in [0.1, 0.15) is 27.7 Å². The molecule has 0 radical (unpaired) electrons. The second kappa shape index (κ2) is 6.37. The van der Waals surface area contributed by atoms with E-state index in [1.165, 1.54) is 6.92 Å². The van der Waals surface area contributed by atoms with Crippen LogP contribution in [0.2, 0.25) is 0 Å². The van der Waals surface area contributed by atoms with E-state index in [1.807, 2.05) is 13.8 Å². The standard InChI is InChI=1S/C9H18N2O3/c1-6(2)5-14-11-9(13)7(3)10-8(4)12/h6-7H,5H2,1-4H3,(H,10,12)(H,11,13). The first kappa shape index (κ1) is 12.9. The normalized spacial score (nSPS) is 12.4. The topological polar surface area (TPSA) is 67.4 Å². The Bertz CT molecular complexity index is 204. The van der Waals surface area contributed by atoms with E-state index in [1.54, 1.807) is 6.92 Å². The summed E-state index contributed by atoms with van der Waals surface area (Å²) in [6.07, 6.45) is 0. The molecule has 82 valence electrons. The fourth-order valence-corrected chi connectivity index (χ4v) is 0.738. The van der Waals surface area contributed by atoms with Crippen molar-refractivity contribution in [2.45, 2.75) is 33.7 Å². The highest BCUT2D eigenvalue weighted by molar-refractivity contribution is 5.85. The third-order valence-electron chi connectivity index (χ3n) is 1.40. The first-order chi connectivity index (χ1) is 6.43. The Kier molecular flexibility index (Phi) is 5.87. The van der Waals surface area contributed by atoms with Gasteiger partial charge in [0.05, 0.1) is 6.61 Å². The quantitative estimate of drug-likeness (QED) is 0.626. The number of hydrogen-bond donors (Lipinski definition) is 2. The second-order valence-electron chi connectivity index (χ2n) is 3.59. The molecule has 0 spiro atoms. The molecule has 2 amide bonds. The number of nitrogens with one attached hydrogen (secondary N) is 2. The van der Waals surface area contributed by atoms with E-state index in [0.29, 0.717) is 12.5 Å². The van der Waals surface area contributed by atoms with Gasteiger partial charge in [0.15, 0.2) is 0 Å². The summed E-state index contributed by atoms with van der Waals surface area (Å²) >= 11 is 0. The van der Waals surface area contributed by atoms with Gasteiger partial charge in [0, 0.05) is 6.92 Å². The molecule has 0 aliphatic rings. The summed E-state index contributed by atoms with van der Waals surface area (Å²) in [6, 6.07) is -0.570. The molecule has 0 saturated heterocycles. The predicted molar refractivity (Wildman–Crippen MR) is 52.2 cm³/mol. The first-order valence-corrected chi connectivity index (χ1v) is 4.62. The van der Waals surface area contributed by atoms with Crippen molar-refractivity contribution in [1.29, 1.82) is 0 Å². The van der Waals surface area contributed by atoms with Crippen molar-refractivity contribution in [1.82, 2.24) is 10.8 Å². The smallest absolute Gasteiger partial charge is 0.265 e. The van der Waals surface area contributed by atoms with Crippen LogP contribution in [-0.2, 0) is 14.4 Å². The van der Waals surface area contributed by atoms with Gasteiger partial charge < -0.3 is 5.32 Å². The van der Waals surface area contributed by atoms with Gasteiger partial charge in [-0.1, -0.05) is 13.8 Å². The molecule has 0 heterocycles. The van der Waals surface area contributed by atoms with Crippen molar-refractivity contribution in [3.05, 3.63) is 0 Å². The minimum atomic E-state index is -0.570. The molecule has 1 atom stereocenters. The number of carbonyl (C=O) groups is 2. The van der Waals surface area contributed by atoms with Gasteiger partial charge in [0.2, 0.25) is 5.91 Å². The molecule has 0 aliphatic heterocycles. The average Bonchev–Trinajstić information content (AvgIpc) is 2.01. The summed E-state index contributed by atoms with van der Waals surface area (Å²) in [5, 5.41) is 2.45. The Hall–Kier alpha value is -1.10. The molecule has 5 nitrogen and oxygen atoms in total. The van der Waals surface area contributed by atoms with Crippen LogP contribution in [0.4, 0.5) is 0 Å². The zero-order valence-electron chi connectivity index (χ0n) is 9.09. The lowest BCUT2D eigenvalue weighted by Crippen LogP contribution is -2.44. The minimum absolute atomic E-state index is 0.239. The highest BCUT2D eigenvalue weighted by Crippen LogP contribution is 1.90. The third-order valence-corrected chi connectivity index (χ3v) is 1.40. The molecule has 0 bridgehead atoms. The molecule has 5 heteroatoms. The molecule has 14 heavy (non-hydrogen) atoms. The monoisotopic (exact) mass is 202 g/mol. The van der Waals surface area contributed by atoms with E-state index in [-0.39, 0.29) is 11.8 Å². The van der Waals surface area contributed by atoms with Gasteiger partial charge in [-0.3, -0.25) is 14.4 Å². The highest BCUT2D eigenvalue weighted by Gasteiger charge is 2.13. The van der Waals surface area contributed by atoms with Gasteiger partial charge in [-0.25, -0.2) is 5.48 Å². The lowest BCUT2D eigenvalue weighted by Gasteiger charge is -2.13. The van der Waals surface area contributed by atoms with E-state index in [9.17, 15) is 9.59 Å². The molecule has 0 aromatic rings. The van der Waals surface area contributed by atoms with E-state index < -0.39 is 6.04 Å². The Balaban J connectivity index is 3.67. The molecule has 0 rings (SSSR count). The molecule has 0 aromatic carbocycles. The number of amides is 2. The zero-order valence-corrected chi connectivity index (χ0v) is 9.09. The zero-order chi connectivity index (χ0) is 11.1. The molecule has 0 saturated carbocycles. The molecular weight excluding hydrogens is 184 g/mol. The van der Waals surface area contributed by atoms with Crippen molar-refractivity contribution >= 4 is 11.8 Å². The molecule has 2 N–H and O–H groups in total. The van der Waals surface area contributed by atoms with Gasteiger partial charge in [-0.15, -0.1) is 0 Å². The fraction of sp³-hybridized carbons (Fsp3) is 0.778. The van der Waals surface area contributed by atoms with E-state index in [0.717, 1.165) is 0 Å². The summed E-state index contributed by atoms with van der Waals surface area (Å²) in [5.74, 6) is -0.233. The fourth-order valence-electron chi connectivity index (χ4n) is 0.738. The Morgan fingerprint density at radius 3 is 2.29 bits per heavy atom. The van der Waals surface area contributed by atoms with Crippen LogP contribution >= 0.6 is 0 Å². The lowest BCUT2D eigenvalue weighted by atomic mass is 10.2. The summed E-state index contributed by atoms with van der Waals surface area (Å²) in [6.45, 7) is 7.36. The van der Waals surface area contributed by atoms with Crippen LogP contribution in [0.3, 0.4) is 0 Å². The third kappa shape index (κ3) is 6.42.